The second-order valence-electron chi connectivity index (χ2n) is 7.46. The molecule has 2 aliphatic rings. The molecule has 0 saturated carbocycles. The fourth-order valence-electron chi connectivity index (χ4n) is 4.02. The van der Waals surface area contributed by atoms with Gasteiger partial charge in [0.25, 0.3) is 0 Å². The smallest absolute Gasteiger partial charge is 0.227 e. The van der Waals surface area contributed by atoms with Gasteiger partial charge in [-0.1, -0.05) is 54.2 Å². The van der Waals surface area contributed by atoms with E-state index in [0.717, 1.165) is 23.2 Å². The van der Waals surface area contributed by atoms with Gasteiger partial charge in [0.2, 0.25) is 5.91 Å². The summed E-state index contributed by atoms with van der Waals surface area (Å²) in [6.45, 7) is 1.80. The molecule has 2 aliphatic heterocycles. The number of nitrogens with zero attached hydrogens (tertiary/aromatic N) is 1. The lowest BCUT2D eigenvalue weighted by atomic mass is 9.95. The second-order valence-corrected chi connectivity index (χ2v) is 8.60. The molecule has 30 heavy (non-hydrogen) atoms. The molecule has 0 bridgehead atoms. The largest absolute Gasteiger partial charge is 0.346 e. The van der Waals surface area contributed by atoms with E-state index in [1.807, 2.05) is 35.2 Å². The van der Waals surface area contributed by atoms with Crippen LogP contribution in [0.4, 0.5) is 5.69 Å². The third kappa shape index (κ3) is 4.01. The fourth-order valence-corrected chi connectivity index (χ4v) is 4.86. The minimum atomic E-state index is -0.315. The van der Waals surface area contributed by atoms with Crippen molar-refractivity contribution in [2.75, 3.05) is 18.1 Å². The van der Waals surface area contributed by atoms with Gasteiger partial charge >= 0.3 is 0 Å². The van der Waals surface area contributed by atoms with Crippen molar-refractivity contribution in [1.29, 1.82) is 0 Å². The summed E-state index contributed by atoms with van der Waals surface area (Å²) in [5, 5.41) is 0. The molecule has 1 fully saturated rings. The molecule has 5 rings (SSSR count). The minimum Gasteiger partial charge on any atom is -0.346 e. The van der Waals surface area contributed by atoms with Crippen molar-refractivity contribution < 1.29 is 14.3 Å². The number of rotatable bonds is 5. The first-order valence-electron chi connectivity index (χ1n) is 10.2. The molecule has 0 radical (unpaired) electrons. The molecule has 3 aromatic carbocycles. The highest BCUT2D eigenvalue weighted by Gasteiger charge is 2.30. The van der Waals surface area contributed by atoms with Gasteiger partial charge in [0.1, 0.15) is 0 Å². The van der Waals surface area contributed by atoms with E-state index in [0.29, 0.717) is 26.2 Å². The van der Waals surface area contributed by atoms with E-state index < -0.39 is 0 Å². The van der Waals surface area contributed by atoms with E-state index in [-0.39, 0.29) is 12.2 Å². The molecule has 0 aliphatic carbocycles. The molecule has 0 unspecified atom stereocenters. The van der Waals surface area contributed by atoms with Crippen molar-refractivity contribution in [3.8, 4) is 0 Å². The van der Waals surface area contributed by atoms with Crippen LogP contribution in [-0.2, 0) is 27.2 Å². The molecular weight excluding hydrogens is 394 g/mol. The molecule has 5 heteroatoms. The summed E-state index contributed by atoms with van der Waals surface area (Å²) in [6, 6.07) is 24.9. The first-order valence-corrected chi connectivity index (χ1v) is 11.1. The Morgan fingerprint density at radius 1 is 0.833 bits per heavy atom. The number of carbonyl (C=O) groups excluding carboxylic acids is 1. The average molecular weight is 418 g/mol. The zero-order chi connectivity index (χ0) is 20.3. The first-order chi connectivity index (χ1) is 14.8. The molecule has 1 amide bonds. The van der Waals surface area contributed by atoms with Gasteiger partial charge in [-0.3, -0.25) is 4.79 Å². The van der Waals surface area contributed by atoms with Crippen LogP contribution in [0.1, 0.15) is 29.4 Å². The molecule has 152 valence electrons. The summed E-state index contributed by atoms with van der Waals surface area (Å²) >= 11 is 1.74. The molecule has 0 aromatic heterocycles. The van der Waals surface area contributed by atoms with E-state index in [1.54, 1.807) is 11.8 Å². The SMILES string of the molecule is O=C1CCc2c(C3OCCO3)cccc2N1Cc1ccc(Sc2ccccc2)cc1. The summed E-state index contributed by atoms with van der Waals surface area (Å²) in [7, 11) is 0. The van der Waals surface area contributed by atoms with Crippen LogP contribution in [-0.4, -0.2) is 19.1 Å². The van der Waals surface area contributed by atoms with Crippen molar-refractivity contribution in [2.24, 2.45) is 0 Å². The van der Waals surface area contributed by atoms with Crippen LogP contribution in [0, 0.1) is 0 Å². The van der Waals surface area contributed by atoms with Gasteiger partial charge in [-0.15, -0.1) is 0 Å². The predicted molar refractivity (Wildman–Crippen MR) is 118 cm³/mol. The molecule has 2 heterocycles. The zero-order valence-electron chi connectivity index (χ0n) is 16.6. The summed E-state index contributed by atoms with van der Waals surface area (Å²) in [6.07, 6.45) is 0.930. The number of ether oxygens (including phenoxy) is 2. The molecule has 0 N–H and O–H groups in total. The van der Waals surface area contributed by atoms with E-state index >= 15 is 0 Å². The lowest BCUT2D eigenvalue weighted by Crippen LogP contribution is -2.35. The number of anilines is 1. The normalized spacial score (nSPS) is 16.7. The molecule has 4 nitrogen and oxygen atoms in total. The lowest BCUT2D eigenvalue weighted by Gasteiger charge is -2.31. The van der Waals surface area contributed by atoms with Gasteiger partial charge in [0, 0.05) is 27.5 Å². The monoisotopic (exact) mass is 417 g/mol. The minimum absolute atomic E-state index is 0.163. The molecule has 3 aromatic rings. The number of benzene rings is 3. The quantitative estimate of drug-likeness (QED) is 0.560. The summed E-state index contributed by atoms with van der Waals surface area (Å²) in [5.41, 5.74) is 4.32. The molecule has 0 spiro atoms. The first kappa shape index (κ1) is 19.4. The topological polar surface area (TPSA) is 38.8 Å². The van der Waals surface area contributed by atoms with Gasteiger partial charge in [-0.2, -0.15) is 0 Å². The van der Waals surface area contributed by atoms with Crippen LogP contribution in [0.15, 0.2) is 82.6 Å². The second kappa shape index (κ2) is 8.64. The van der Waals surface area contributed by atoms with Crippen LogP contribution in [0.25, 0.3) is 0 Å². The number of fused-ring (bicyclic) bond motifs is 1. The Hall–Kier alpha value is -2.60. The number of carbonyl (C=O) groups is 1. The Morgan fingerprint density at radius 2 is 1.57 bits per heavy atom. The highest BCUT2D eigenvalue weighted by Crippen LogP contribution is 2.37. The van der Waals surface area contributed by atoms with Crippen LogP contribution >= 0.6 is 11.8 Å². The van der Waals surface area contributed by atoms with Crippen molar-refractivity contribution in [1.82, 2.24) is 0 Å². The van der Waals surface area contributed by atoms with Crippen LogP contribution in [0.2, 0.25) is 0 Å². The predicted octanol–water partition coefficient (Wildman–Crippen LogP) is 5.36. The third-order valence-corrected chi connectivity index (χ3v) is 6.50. The fraction of sp³-hybridized carbons (Fsp3) is 0.240. The van der Waals surface area contributed by atoms with Gasteiger partial charge < -0.3 is 14.4 Å². The highest BCUT2D eigenvalue weighted by atomic mass is 32.2. The van der Waals surface area contributed by atoms with Crippen molar-refractivity contribution in [3.63, 3.8) is 0 Å². The Kier molecular flexibility index (Phi) is 5.58. The summed E-state index contributed by atoms with van der Waals surface area (Å²) in [4.78, 5) is 17.1. The molecular formula is C25H23NO3S. The Bertz CT molecular complexity index is 1030. The third-order valence-electron chi connectivity index (χ3n) is 5.49. The van der Waals surface area contributed by atoms with Gasteiger partial charge in [-0.25, -0.2) is 0 Å². The zero-order valence-corrected chi connectivity index (χ0v) is 17.4. The van der Waals surface area contributed by atoms with E-state index in [1.165, 1.54) is 15.4 Å². The average Bonchev–Trinajstić information content (AvgIpc) is 3.32. The highest BCUT2D eigenvalue weighted by molar-refractivity contribution is 7.99. The van der Waals surface area contributed by atoms with Crippen molar-refractivity contribution >= 4 is 23.4 Å². The van der Waals surface area contributed by atoms with Crippen molar-refractivity contribution in [2.45, 2.75) is 35.5 Å². The van der Waals surface area contributed by atoms with Crippen molar-refractivity contribution in [3.05, 3.63) is 89.5 Å². The Labute approximate surface area is 180 Å². The number of hydrogen-bond acceptors (Lipinski definition) is 4. The van der Waals surface area contributed by atoms with Crippen LogP contribution in [0.3, 0.4) is 0 Å². The maximum Gasteiger partial charge on any atom is 0.227 e. The number of amides is 1. The number of hydrogen-bond donors (Lipinski definition) is 0. The standard InChI is InChI=1S/C25H23NO3S/c27-24-14-13-21-22(25-28-15-16-29-25)7-4-8-23(21)26(24)17-18-9-11-20(12-10-18)30-19-5-2-1-3-6-19/h1-12,25H,13-17H2. The van der Waals surface area contributed by atoms with Gasteiger partial charge in [0.15, 0.2) is 6.29 Å². The summed E-state index contributed by atoms with van der Waals surface area (Å²) < 4.78 is 11.4. The molecule has 0 atom stereocenters. The van der Waals surface area contributed by atoms with Crippen LogP contribution < -0.4 is 4.90 Å². The van der Waals surface area contributed by atoms with E-state index in [2.05, 4.69) is 42.5 Å². The Morgan fingerprint density at radius 3 is 2.33 bits per heavy atom. The van der Waals surface area contributed by atoms with Gasteiger partial charge in [0.05, 0.1) is 19.8 Å². The lowest BCUT2D eigenvalue weighted by molar-refractivity contribution is -0.119. The maximum atomic E-state index is 12.8. The van der Waals surface area contributed by atoms with Gasteiger partial charge in [-0.05, 0) is 47.9 Å². The van der Waals surface area contributed by atoms with E-state index in [9.17, 15) is 4.79 Å². The Balaban J connectivity index is 1.36. The summed E-state index contributed by atoms with van der Waals surface area (Å²) in [5.74, 6) is 0.163. The van der Waals surface area contributed by atoms with E-state index in [4.69, 9.17) is 9.47 Å². The maximum absolute atomic E-state index is 12.8. The van der Waals surface area contributed by atoms with Crippen LogP contribution in [0.5, 0.6) is 0 Å². The molecule has 1 saturated heterocycles.